The summed E-state index contributed by atoms with van der Waals surface area (Å²) in [6.45, 7) is 0. The van der Waals surface area contributed by atoms with Gasteiger partial charge in [0.2, 0.25) is 0 Å². The van der Waals surface area contributed by atoms with Crippen molar-refractivity contribution in [2.75, 3.05) is 14.2 Å². The largest absolute Gasteiger partial charge is 0.493 e. The Labute approximate surface area is 117 Å². The molecule has 0 aliphatic carbocycles. The zero-order valence-corrected chi connectivity index (χ0v) is 11.3. The van der Waals surface area contributed by atoms with Crippen LogP contribution in [0.3, 0.4) is 0 Å². The molecular formula is C16H14N2O2. The van der Waals surface area contributed by atoms with Crippen molar-refractivity contribution in [3.8, 4) is 22.8 Å². The van der Waals surface area contributed by atoms with E-state index < -0.39 is 0 Å². The topological polar surface area (TPSA) is 44.2 Å². The number of hydrogen-bond donors (Lipinski definition) is 0. The van der Waals surface area contributed by atoms with Gasteiger partial charge in [-0.25, -0.2) is 4.98 Å². The number of para-hydroxylation sites is 2. The van der Waals surface area contributed by atoms with Gasteiger partial charge in [0.1, 0.15) is 0 Å². The van der Waals surface area contributed by atoms with E-state index in [1.54, 1.807) is 20.4 Å². The van der Waals surface area contributed by atoms with E-state index in [4.69, 9.17) is 9.47 Å². The molecule has 3 rings (SSSR count). The van der Waals surface area contributed by atoms with E-state index >= 15 is 0 Å². The van der Waals surface area contributed by atoms with E-state index in [0.29, 0.717) is 11.5 Å². The first-order valence-corrected chi connectivity index (χ1v) is 6.26. The highest BCUT2D eigenvalue weighted by atomic mass is 16.5. The maximum atomic E-state index is 5.31. The second-order valence-electron chi connectivity index (χ2n) is 4.31. The van der Waals surface area contributed by atoms with Gasteiger partial charge in [-0.05, 0) is 30.3 Å². The fourth-order valence-electron chi connectivity index (χ4n) is 2.09. The molecule has 0 atom stereocenters. The summed E-state index contributed by atoms with van der Waals surface area (Å²) < 4.78 is 10.5. The van der Waals surface area contributed by atoms with Crippen LogP contribution in [0.2, 0.25) is 0 Å². The molecule has 0 bridgehead atoms. The summed E-state index contributed by atoms with van der Waals surface area (Å²) in [5.41, 5.74) is 3.52. The Morgan fingerprint density at radius 1 is 0.850 bits per heavy atom. The highest BCUT2D eigenvalue weighted by molar-refractivity contribution is 5.77. The predicted molar refractivity (Wildman–Crippen MR) is 78.1 cm³/mol. The van der Waals surface area contributed by atoms with Gasteiger partial charge in [-0.2, -0.15) is 0 Å². The second-order valence-corrected chi connectivity index (χ2v) is 4.31. The third-order valence-electron chi connectivity index (χ3n) is 3.13. The van der Waals surface area contributed by atoms with E-state index in [2.05, 4.69) is 9.97 Å². The number of hydrogen-bond acceptors (Lipinski definition) is 4. The van der Waals surface area contributed by atoms with E-state index in [1.165, 1.54) is 0 Å². The summed E-state index contributed by atoms with van der Waals surface area (Å²) >= 11 is 0. The SMILES string of the molecule is COc1ccc(-c2cnc3ccccc3n2)cc1OC. The molecule has 0 aliphatic heterocycles. The minimum Gasteiger partial charge on any atom is -0.493 e. The predicted octanol–water partition coefficient (Wildman–Crippen LogP) is 3.31. The summed E-state index contributed by atoms with van der Waals surface area (Å²) in [6, 6.07) is 13.5. The van der Waals surface area contributed by atoms with Crippen LogP contribution >= 0.6 is 0 Å². The fraction of sp³-hybridized carbons (Fsp3) is 0.125. The van der Waals surface area contributed by atoms with E-state index in [-0.39, 0.29) is 0 Å². The van der Waals surface area contributed by atoms with Crippen LogP contribution in [0.4, 0.5) is 0 Å². The third kappa shape index (κ3) is 2.16. The highest BCUT2D eigenvalue weighted by Crippen LogP contribution is 2.31. The number of nitrogens with zero attached hydrogens (tertiary/aromatic N) is 2. The van der Waals surface area contributed by atoms with Gasteiger partial charge in [0, 0.05) is 5.56 Å². The Morgan fingerprint density at radius 2 is 1.60 bits per heavy atom. The van der Waals surface area contributed by atoms with Crippen LogP contribution in [-0.4, -0.2) is 24.2 Å². The number of rotatable bonds is 3. The quantitative estimate of drug-likeness (QED) is 0.729. The standard InChI is InChI=1S/C16H14N2O2/c1-19-15-8-7-11(9-16(15)20-2)14-10-17-12-5-3-4-6-13(12)18-14/h3-10H,1-2H3. The smallest absolute Gasteiger partial charge is 0.161 e. The molecule has 0 saturated heterocycles. The van der Waals surface area contributed by atoms with Crippen LogP contribution in [0.15, 0.2) is 48.7 Å². The van der Waals surface area contributed by atoms with Gasteiger partial charge in [-0.3, -0.25) is 4.98 Å². The molecule has 2 aromatic carbocycles. The summed E-state index contributed by atoms with van der Waals surface area (Å²) in [5.74, 6) is 1.38. The van der Waals surface area contributed by atoms with Crippen molar-refractivity contribution in [1.82, 2.24) is 9.97 Å². The molecule has 3 aromatic rings. The molecule has 0 radical (unpaired) electrons. The van der Waals surface area contributed by atoms with Gasteiger partial charge in [-0.1, -0.05) is 12.1 Å². The van der Waals surface area contributed by atoms with Crippen molar-refractivity contribution in [3.05, 3.63) is 48.7 Å². The maximum Gasteiger partial charge on any atom is 0.161 e. The first-order chi connectivity index (χ1) is 9.81. The molecule has 20 heavy (non-hydrogen) atoms. The average Bonchev–Trinajstić information content (AvgIpc) is 2.53. The van der Waals surface area contributed by atoms with Gasteiger partial charge in [-0.15, -0.1) is 0 Å². The van der Waals surface area contributed by atoms with Crippen LogP contribution in [0.1, 0.15) is 0 Å². The lowest BCUT2D eigenvalue weighted by Gasteiger charge is -2.09. The first-order valence-electron chi connectivity index (χ1n) is 6.26. The molecule has 0 aliphatic rings. The van der Waals surface area contributed by atoms with E-state index in [0.717, 1.165) is 22.3 Å². The first kappa shape index (κ1) is 12.4. The van der Waals surface area contributed by atoms with Crippen LogP contribution < -0.4 is 9.47 Å². The Kier molecular flexibility index (Phi) is 3.21. The molecule has 4 nitrogen and oxygen atoms in total. The van der Waals surface area contributed by atoms with Crippen molar-refractivity contribution < 1.29 is 9.47 Å². The summed E-state index contributed by atoms with van der Waals surface area (Å²) in [7, 11) is 3.24. The Hall–Kier alpha value is -2.62. The monoisotopic (exact) mass is 266 g/mol. The van der Waals surface area contributed by atoms with E-state index in [1.807, 2.05) is 42.5 Å². The minimum absolute atomic E-state index is 0.681. The molecular weight excluding hydrogens is 252 g/mol. The molecule has 0 unspecified atom stereocenters. The lowest BCUT2D eigenvalue weighted by molar-refractivity contribution is 0.355. The Morgan fingerprint density at radius 3 is 2.35 bits per heavy atom. The Bertz CT molecular complexity index is 756. The molecule has 4 heteroatoms. The molecule has 0 fully saturated rings. The third-order valence-corrected chi connectivity index (χ3v) is 3.13. The summed E-state index contributed by atoms with van der Waals surface area (Å²) in [4.78, 5) is 9.04. The van der Waals surface area contributed by atoms with Crippen molar-refractivity contribution in [1.29, 1.82) is 0 Å². The summed E-state index contributed by atoms with van der Waals surface area (Å²) in [6.07, 6.45) is 1.77. The van der Waals surface area contributed by atoms with Crippen molar-refractivity contribution >= 4 is 11.0 Å². The fourth-order valence-corrected chi connectivity index (χ4v) is 2.09. The van der Waals surface area contributed by atoms with Gasteiger partial charge in [0.25, 0.3) is 0 Å². The maximum absolute atomic E-state index is 5.31. The molecule has 1 heterocycles. The van der Waals surface area contributed by atoms with Gasteiger partial charge in [0.15, 0.2) is 11.5 Å². The van der Waals surface area contributed by atoms with Crippen LogP contribution in [-0.2, 0) is 0 Å². The number of methoxy groups -OCH3 is 2. The normalized spacial score (nSPS) is 10.5. The number of benzene rings is 2. The van der Waals surface area contributed by atoms with Gasteiger partial charge >= 0.3 is 0 Å². The van der Waals surface area contributed by atoms with Gasteiger partial charge < -0.3 is 9.47 Å². The molecule has 0 N–H and O–H groups in total. The molecule has 0 spiro atoms. The van der Waals surface area contributed by atoms with Gasteiger partial charge in [0.05, 0.1) is 37.1 Å². The molecule has 0 saturated carbocycles. The zero-order valence-electron chi connectivity index (χ0n) is 11.3. The Balaban J connectivity index is 2.10. The van der Waals surface area contributed by atoms with Crippen molar-refractivity contribution in [2.45, 2.75) is 0 Å². The zero-order chi connectivity index (χ0) is 13.9. The second kappa shape index (κ2) is 5.17. The summed E-state index contributed by atoms with van der Waals surface area (Å²) in [5, 5.41) is 0. The van der Waals surface area contributed by atoms with Crippen LogP contribution in [0.5, 0.6) is 11.5 Å². The lowest BCUT2D eigenvalue weighted by Crippen LogP contribution is -1.92. The lowest BCUT2D eigenvalue weighted by atomic mass is 10.1. The number of ether oxygens (including phenoxy) is 2. The number of aromatic nitrogens is 2. The van der Waals surface area contributed by atoms with Crippen LogP contribution in [0, 0.1) is 0 Å². The molecule has 100 valence electrons. The molecule has 1 aromatic heterocycles. The van der Waals surface area contributed by atoms with Crippen molar-refractivity contribution in [2.24, 2.45) is 0 Å². The molecule has 0 amide bonds. The highest BCUT2D eigenvalue weighted by Gasteiger charge is 2.08. The van der Waals surface area contributed by atoms with Crippen molar-refractivity contribution in [3.63, 3.8) is 0 Å². The number of fused-ring (bicyclic) bond motifs is 1. The minimum atomic E-state index is 0.681. The average molecular weight is 266 g/mol. The van der Waals surface area contributed by atoms with E-state index in [9.17, 15) is 0 Å². The van der Waals surface area contributed by atoms with Crippen LogP contribution in [0.25, 0.3) is 22.3 Å².